The molecule has 2 unspecified atom stereocenters. The van der Waals surface area contributed by atoms with Gasteiger partial charge >= 0.3 is 24.9 Å². The van der Waals surface area contributed by atoms with Crippen molar-refractivity contribution >= 4 is 29.8 Å². The number of nitrogens with one attached hydrogen (secondary N) is 4. The van der Waals surface area contributed by atoms with E-state index in [1.54, 1.807) is 51.2 Å². The van der Waals surface area contributed by atoms with Crippen molar-refractivity contribution in [2.75, 3.05) is 38.8 Å². The summed E-state index contributed by atoms with van der Waals surface area (Å²) in [7, 11) is 1.93. The highest BCUT2D eigenvalue weighted by atomic mass is 19.4. The van der Waals surface area contributed by atoms with Crippen molar-refractivity contribution in [2.24, 2.45) is 10.8 Å². The smallest absolute Gasteiger partial charge is 0.407 e. The SMILES string of the molecule is COC(=O)N[C@H](C(=O)NN(Cc1c(F)cc(-c2ccn(C(F)F)n2)cc1F)C[C@H](O)[C@H](Cc1ccc(C#Cc2ccc(N3CC4CCC(C3)N4C3CCC3)nc2)cc1)NC(=O)[C@@H](NC(=O)OC)C(C)(C)C(F)(F)F)C(C)(C)C. The molecule has 4 amide bonds. The fourth-order valence-corrected chi connectivity index (χ4v) is 9.91. The fraction of sp³-hybridized carbons (Fsp3) is 0.519. The zero-order valence-electron chi connectivity index (χ0n) is 44.3. The number of hydrazine groups is 1. The molecule has 0 radical (unpaired) electrons. The highest BCUT2D eigenvalue weighted by Gasteiger charge is 2.56. The van der Waals surface area contributed by atoms with Crippen LogP contribution in [-0.2, 0) is 32.0 Å². The van der Waals surface area contributed by atoms with Gasteiger partial charge in [-0.1, -0.05) is 51.2 Å². The molecule has 3 aliphatic rings. The van der Waals surface area contributed by atoms with Crippen LogP contribution in [0.4, 0.5) is 46.1 Å². The van der Waals surface area contributed by atoms with Gasteiger partial charge in [-0.3, -0.25) is 19.9 Å². The van der Waals surface area contributed by atoms with Crippen LogP contribution in [0.3, 0.4) is 0 Å². The number of pyridine rings is 1. The number of rotatable bonds is 18. The van der Waals surface area contributed by atoms with Crippen LogP contribution in [-0.4, -0.2) is 136 Å². The van der Waals surface area contributed by atoms with E-state index in [-0.39, 0.29) is 22.4 Å². The summed E-state index contributed by atoms with van der Waals surface area (Å²) in [6.07, 6.45) is -0.872. The first kappa shape index (κ1) is 58.7. The lowest BCUT2D eigenvalue weighted by atomic mass is 9.82. The lowest BCUT2D eigenvalue weighted by Gasteiger charge is -2.48. The second-order valence-electron chi connectivity index (χ2n) is 21.5. The van der Waals surface area contributed by atoms with Crippen LogP contribution in [0.2, 0.25) is 0 Å². The van der Waals surface area contributed by atoms with Gasteiger partial charge in [-0.15, -0.1) is 0 Å². The van der Waals surface area contributed by atoms with Crippen molar-refractivity contribution in [2.45, 2.75) is 135 Å². The predicted octanol–water partition coefficient (Wildman–Crippen LogP) is 7.23. The van der Waals surface area contributed by atoms with Gasteiger partial charge < -0.3 is 35.4 Å². The van der Waals surface area contributed by atoms with Crippen molar-refractivity contribution in [3.8, 4) is 23.1 Å². The van der Waals surface area contributed by atoms with Crippen LogP contribution >= 0.6 is 0 Å². The minimum Gasteiger partial charge on any atom is -0.453 e. The number of ether oxygens (including phenoxy) is 2. The number of alkyl carbamates (subject to hydrolysis) is 2. The summed E-state index contributed by atoms with van der Waals surface area (Å²) in [6, 6.07) is 9.51. The average molecular weight is 1100 g/mol. The second-order valence-corrected chi connectivity index (χ2v) is 21.5. The van der Waals surface area contributed by atoms with Gasteiger partial charge in [-0.05, 0) is 99.4 Å². The van der Waals surface area contributed by atoms with Crippen molar-refractivity contribution < 1.29 is 64.5 Å². The van der Waals surface area contributed by atoms with Gasteiger partial charge in [0.2, 0.25) is 5.91 Å². The Labute approximate surface area is 447 Å². The molecule has 2 aliphatic heterocycles. The van der Waals surface area contributed by atoms with Gasteiger partial charge in [-0.25, -0.2) is 33.0 Å². The Kier molecular flexibility index (Phi) is 18.3. The maximum atomic E-state index is 16.0. The Bertz CT molecular complexity index is 2790. The Hall–Kier alpha value is -6.97. The summed E-state index contributed by atoms with van der Waals surface area (Å²) < 4.78 is 112. The van der Waals surface area contributed by atoms with Gasteiger partial charge in [0.1, 0.15) is 29.5 Å². The van der Waals surface area contributed by atoms with E-state index in [1.807, 2.05) is 17.4 Å². The molecule has 6 atom stereocenters. The first-order valence-electron chi connectivity index (χ1n) is 25.5. The Morgan fingerprint density at radius 1 is 0.795 bits per heavy atom. The lowest BCUT2D eigenvalue weighted by Crippen LogP contribution is -2.63. The first-order chi connectivity index (χ1) is 36.8. The summed E-state index contributed by atoms with van der Waals surface area (Å²) in [4.78, 5) is 62.8. The second kappa shape index (κ2) is 24.4. The summed E-state index contributed by atoms with van der Waals surface area (Å²) in [5.41, 5.74) is -1.05. The van der Waals surface area contributed by atoms with Gasteiger partial charge in [0.15, 0.2) is 0 Å². The molecule has 24 heteroatoms. The van der Waals surface area contributed by atoms with Crippen LogP contribution in [0, 0.1) is 34.3 Å². The molecule has 2 bridgehead atoms. The van der Waals surface area contributed by atoms with E-state index in [2.05, 4.69) is 47.5 Å². The van der Waals surface area contributed by atoms with Gasteiger partial charge in [0, 0.05) is 79.0 Å². The molecule has 4 heterocycles. The monoisotopic (exact) mass is 1100 g/mol. The lowest BCUT2D eigenvalue weighted by molar-refractivity contribution is -0.220. The maximum absolute atomic E-state index is 16.0. The number of halogens is 7. The summed E-state index contributed by atoms with van der Waals surface area (Å²) in [5, 5.41) is 23.4. The standard InChI is InChI=1S/C54H65F7N10O7/c1-52(2,3)45(64-50(75)77-6)48(74)67-69(29-38-39(55)24-34(25-40(38)56)41-21-22-70(66-41)49(57)58)30-43(72)42(63-47(73)46(65-51(76)78-7)53(4,5)54(59,60)61)23-32-14-11-31(12-15-32)13-16-33-17-20-44(62-26-33)68-27-36-18-19-37(28-68)71(36)35-9-8-10-35/h11-12,14-15,17,20-22,24-26,35-37,42-43,45-46,49,72H,8-10,18-19,23,27-30H2,1-7H3,(H,63,73)(H,64,75)(H,65,76)(H,67,74)/t36?,37?,42-,43-,45+,46+/m0/s1. The number of alkyl halides is 5. The molecule has 78 heavy (non-hydrogen) atoms. The number of methoxy groups -OCH3 is 2. The molecule has 2 saturated heterocycles. The predicted molar refractivity (Wildman–Crippen MR) is 272 cm³/mol. The molecule has 17 nitrogen and oxygen atoms in total. The van der Waals surface area contributed by atoms with Crippen LogP contribution in [0.15, 0.2) is 67.0 Å². The quantitative estimate of drug-likeness (QED) is 0.0382. The number of amides is 4. The highest BCUT2D eigenvalue weighted by Crippen LogP contribution is 2.41. The normalized spacial score (nSPS) is 18.5. The molecule has 3 fully saturated rings. The van der Waals surface area contributed by atoms with E-state index >= 15 is 8.78 Å². The molecule has 5 N–H and O–H groups in total. The minimum absolute atomic E-state index is 0.203. The summed E-state index contributed by atoms with van der Waals surface area (Å²) >= 11 is 0. The number of anilines is 1. The van der Waals surface area contributed by atoms with Crippen LogP contribution in [0.25, 0.3) is 11.3 Å². The molecular weight excluding hydrogens is 1030 g/mol. The molecule has 1 aliphatic carbocycles. The third-order valence-corrected chi connectivity index (χ3v) is 14.7. The largest absolute Gasteiger partial charge is 0.453 e. The Morgan fingerprint density at radius 3 is 1.90 bits per heavy atom. The number of aromatic nitrogens is 3. The zero-order chi connectivity index (χ0) is 56.9. The average Bonchev–Trinajstić information content (AvgIpc) is 3.96. The fourth-order valence-electron chi connectivity index (χ4n) is 9.91. The van der Waals surface area contributed by atoms with Crippen LogP contribution in [0.5, 0.6) is 0 Å². The number of carbonyl (C=O) groups excluding carboxylic acids is 4. The van der Waals surface area contributed by atoms with E-state index in [0.717, 1.165) is 62.5 Å². The number of benzene rings is 2. The van der Waals surface area contributed by atoms with Gasteiger partial charge in [-0.2, -0.15) is 27.1 Å². The molecule has 1 saturated carbocycles. The zero-order valence-corrected chi connectivity index (χ0v) is 44.3. The van der Waals surface area contributed by atoms with E-state index in [0.29, 0.717) is 48.7 Å². The van der Waals surface area contributed by atoms with E-state index in [1.165, 1.54) is 32.1 Å². The highest BCUT2D eigenvalue weighted by molar-refractivity contribution is 5.87. The first-order valence-corrected chi connectivity index (χ1v) is 25.5. The van der Waals surface area contributed by atoms with E-state index in [9.17, 15) is 46.2 Å². The topological polar surface area (TPSA) is 196 Å². The maximum Gasteiger partial charge on any atom is 0.407 e. The molecular formula is C54H65F7N10O7. The molecule has 4 aromatic rings. The van der Waals surface area contributed by atoms with Gasteiger partial charge in [0.05, 0.1) is 37.5 Å². The number of nitrogens with zero attached hydrogens (tertiary/aromatic N) is 6. The molecule has 422 valence electrons. The third kappa shape index (κ3) is 14.0. The summed E-state index contributed by atoms with van der Waals surface area (Å²) in [5.74, 6) is 2.21. The van der Waals surface area contributed by atoms with Crippen LogP contribution in [0.1, 0.15) is 95.5 Å². The molecule has 2 aromatic carbocycles. The molecule has 0 spiro atoms. The number of carbonyl (C=O) groups is 4. The van der Waals surface area contributed by atoms with Crippen molar-refractivity contribution in [3.05, 3.63) is 101 Å². The third-order valence-electron chi connectivity index (χ3n) is 14.7. The number of hydrogen-bond acceptors (Lipinski definition) is 12. The number of piperazine rings is 1. The van der Waals surface area contributed by atoms with E-state index in [4.69, 9.17) is 9.72 Å². The van der Waals surface area contributed by atoms with Crippen molar-refractivity contribution in [3.63, 3.8) is 0 Å². The number of aliphatic hydroxyl groups is 1. The number of fused-ring (bicyclic) bond motifs is 2. The van der Waals surface area contributed by atoms with Crippen molar-refractivity contribution in [1.29, 1.82) is 0 Å². The number of hydrogen-bond donors (Lipinski definition) is 5. The number of aliphatic hydroxyl groups excluding tert-OH is 1. The Balaban J connectivity index is 1.16. The van der Waals surface area contributed by atoms with Crippen molar-refractivity contribution in [1.82, 2.24) is 46.0 Å². The molecule has 2 aromatic heterocycles. The minimum atomic E-state index is -5.08. The van der Waals surface area contributed by atoms with Gasteiger partial charge in [0.25, 0.3) is 5.91 Å². The Morgan fingerprint density at radius 2 is 1.38 bits per heavy atom. The van der Waals surface area contributed by atoms with E-state index < -0.39 is 102 Å². The van der Waals surface area contributed by atoms with Crippen LogP contribution < -0.4 is 26.3 Å². The summed E-state index contributed by atoms with van der Waals surface area (Å²) in [6.45, 7) is 3.22. The molecule has 7 rings (SSSR count).